The highest BCUT2D eigenvalue weighted by Gasteiger charge is 2.48. The Balaban J connectivity index is 1.98. The molecule has 2 heterocycles. The topological polar surface area (TPSA) is 49.9 Å². The van der Waals surface area contributed by atoms with E-state index >= 15 is 0 Å². The van der Waals surface area contributed by atoms with Crippen LogP contribution >= 0.6 is 11.6 Å². The zero-order valence-corrected chi connectivity index (χ0v) is 11.1. The van der Waals surface area contributed by atoms with Crippen LogP contribution in [0.2, 0.25) is 5.02 Å². The van der Waals surface area contributed by atoms with E-state index in [-0.39, 0.29) is 23.9 Å². The summed E-state index contributed by atoms with van der Waals surface area (Å²) in [6.07, 6.45) is 0. The van der Waals surface area contributed by atoms with Gasteiger partial charge < -0.3 is 9.64 Å². The van der Waals surface area contributed by atoms with Crippen molar-refractivity contribution >= 4 is 29.2 Å². The maximum absolute atomic E-state index is 12.4. The molecule has 1 aromatic carbocycles. The molecule has 0 aromatic heterocycles. The fourth-order valence-corrected chi connectivity index (χ4v) is 2.67. The number of ether oxygens (including phenoxy) is 1. The predicted octanol–water partition coefficient (Wildman–Crippen LogP) is 1.75. The average Bonchev–Trinajstić information content (AvgIpc) is 2.88. The van der Waals surface area contributed by atoms with Gasteiger partial charge in [0.25, 0.3) is 0 Å². The molecule has 0 spiro atoms. The Kier molecular flexibility index (Phi) is 2.95. The SMILES string of the molecule is CN1C(=O)N(c2ccc(Cl)cc2)C(=O)C2COCC21. The molecule has 5 nitrogen and oxygen atoms in total. The van der Waals surface area contributed by atoms with Crippen LogP contribution in [0.3, 0.4) is 0 Å². The number of benzene rings is 1. The first-order valence-corrected chi connectivity index (χ1v) is 6.41. The Morgan fingerprint density at radius 2 is 1.89 bits per heavy atom. The Bertz CT molecular complexity index is 531. The summed E-state index contributed by atoms with van der Waals surface area (Å²) in [5, 5.41) is 0.566. The lowest BCUT2D eigenvalue weighted by atomic mass is 9.98. The van der Waals surface area contributed by atoms with Crippen molar-refractivity contribution in [2.75, 3.05) is 25.2 Å². The van der Waals surface area contributed by atoms with E-state index in [0.29, 0.717) is 23.9 Å². The molecule has 2 aliphatic heterocycles. The van der Waals surface area contributed by atoms with Gasteiger partial charge >= 0.3 is 6.03 Å². The van der Waals surface area contributed by atoms with Gasteiger partial charge in [-0.25, -0.2) is 9.69 Å². The Hall–Kier alpha value is -1.59. The van der Waals surface area contributed by atoms with Crippen LogP contribution in [-0.2, 0) is 9.53 Å². The van der Waals surface area contributed by atoms with Crippen LogP contribution in [0.5, 0.6) is 0 Å². The van der Waals surface area contributed by atoms with E-state index in [4.69, 9.17) is 16.3 Å². The summed E-state index contributed by atoms with van der Waals surface area (Å²) >= 11 is 5.82. The second-order valence-electron chi connectivity index (χ2n) is 4.75. The van der Waals surface area contributed by atoms with Crippen molar-refractivity contribution < 1.29 is 14.3 Å². The number of carbonyl (C=O) groups is 2. The standard InChI is InChI=1S/C13H13ClN2O3/c1-15-11-7-19-6-10(11)12(17)16(13(15)18)9-4-2-8(14)3-5-9/h2-5,10-11H,6-7H2,1H3. The average molecular weight is 281 g/mol. The highest BCUT2D eigenvalue weighted by atomic mass is 35.5. The highest BCUT2D eigenvalue weighted by molar-refractivity contribution is 6.30. The highest BCUT2D eigenvalue weighted by Crippen LogP contribution is 2.31. The number of likely N-dealkylation sites (N-methyl/N-ethyl adjacent to an activating group) is 1. The summed E-state index contributed by atoms with van der Waals surface area (Å²) in [4.78, 5) is 27.5. The van der Waals surface area contributed by atoms with Crippen LogP contribution in [0.25, 0.3) is 0 Å². The number of halogens is 1. The maximum Gasteiger partial charge on any atom is 0.331 e. The molecule has 0 radical (unpaired) electrons. The van der Waals surface area contributed by atoms with E-state index in [1.807, 2.05) is 0 Å². The molecule has 0 bridgehead atoms. The van der Waals surface area contributed by atoms with Gasteiger partial charge in [-0.15, -0.1) is 0 Å². The molecule has 2 fully saturated rings. The van der Waals surface area contributed by atoms with Gasteiger partial charge in [0.2, 0.25) is 5.91 Å². The second-order valence-corrected chi connectivity index (χ2v) is 5.19. The molecule has 2 atom stereocenters. The third-order valence-electron chi connectivity index (χ3n) is 3.66. The first-order chi connectivity index (χ1) is 9.09. The molecule has 6 heteroatoms. The van der Waals surface area contributed by atoms with E-state index < -0.39 is 0 Å². The normalized spacial score (nSPS) is 26.8. The zero-order chi connectivity index (χ0) is 13.6. The van der Waals surface area contributed by atoms with Crippen LogP contribution in [0.15, 0.2) is 24.3 Å². The Labute approximate surface area is 115 Å². The van der Waals surface area contributed by atoms with Crippen molar-refractivity contribution in [3.05, 3.63) is 29.3 Å². The Morgan fingerprint density at radius 1 is 1.21 bits per heavy atom. The smallest absolute Gasteiger partial charge is 0.331 e. The molecule has 0 N–H and O–H groups in total. The fraction of sp³-hybridized carbons (Fsp3) is 0.385. The van der Waals surface area contributed by atoms with Gasteiger partial charge in [-0.1, -0.05) is 11.6 Å². The van der Waals surface area contributed by atoms with Gasteiger partial charge in [-0.3, -0.25) is 4.79 Å². The minimum absolute atomic E-state index is 0.149. The van der Waals surface area contributed by atoms with Crippen molar-refractivity contribution in [1.29, 1.82) is 0 Å². The number of hydrogen-bond acceptors (Lipinski definition) is 3. The Morgan fingerprint density at radius 3 is 2.58 bits per heavy atom. The fourth-order valence-electron chi connectivity index (χ4n) is 2.55. The van der Waals surface area contributed by atoms with E-state index in [2.05, 4.69) is 0 Å². The maximum atomic E-state index is 12.4. The molecule has 3 amide bonds. The number of hydrogen-bond donors (Lipinski definition) is 0. The molecular formula is C13H13ClN2O3. The van der Waals surface area contributed by atoms with Gasteiger partial charge in [0.15, 0.2) is 0 Å². The molecule has 0 saturated carbocycles. The molecule has 100 valence electrons. The summed E-state index contributed by atoms with van der Waals surface area (Å²) in [7, 11) is 1.70. The number of rotatable bonds is 1. The number of fused-ring (bicyclic) bond motifs is 1. The molecule has 1 aromatic rings. The van der Waals surface area contributed by atoms with Crippen LogP contribution in [0.1, 0.15) is 0 Å². The lowest BCUT2D eigenvalue weighted by Gasteiger charge is -2.38. The summed E-state index contributed by atoms with van der Waals surface area (Å²) in [5.41, 5.74) is 0.539. The second kappa shape index (κ2) is 4.51. The molecule has 3 rings (SSSR count). The zero-order valence-electron chi connectivity index (χ0n) is 10.4. The first-order valence-electron chi connectivity index (χ1n) is 6.03. The molecule has 2 aliphatic rings. The van der Waals surface area contributed by atoms with Gasteiger partial charge in [0, 0.05) is 12.1 Å². The third-order valence-corrected chi connectivity index (χ3v) is 3.92. The van der Waals surface area contributed by atoms with E-state index in [9.17, 15) is 9.59 Å². The van der Waals surface area contributed by atoms with Crippen molar-refractivity contribution in [3.63, 3.8) is 0 Å². The minimum Gasteiger partial charge on any atom is -0.378 e. The lowest BCUT2D eigenvalue weighted by Crippen LogP contribution is -2.60. The quantitative estimate of drug-likeness (QED) is 0.787. The van der Waals surface area contributed by atoms with Gasteiger partial charge in [0.1, 0.15) is 0 Å². The van der Waals surface area contributed by atoms with Gasteiger partial charge in [-0.05, 0) is 24.3 Å². The molecular weight excluding hydrogens is 268 g/mol. The van der Waals surface area contributed by atoms with Crippen molar-refractivity contribution in [2.24, 2.45) is 5.92 Å². The minimum atomic E-state index is -0.320. The van der Waals surface area contributed by atoms with Crippen LogP contribution in [-0.4, -0.2) is 43.1 Å². The van der Waals surface area contributed by atoms with Crippen molar-refractivity contribution in [2.45, 2.75) is 6.04 Å². The number of amides is 3. The first kappa shape index (κ1) is 12.4. The molecule has 19 heavy (non-hydrogen) atoms. The van der Waals surface area contributed by atoms with E-state index in [1.165, 1.54) is 4.90 Å². The summed E-state index contributed by atoms with van der Waals surface area (Å²) in [6.45, 7) is 0.790. The van der Waals surface area contributed by atoms with E-state index in [0.717, 1.165) is 0 Å². The number of anilines is 1. The molecule has 0 aliphatic carbocycles. The van der Waals surface area contributed by atoms with Crippen LogP contribution in [0, 0.1) is 5.92 Å². The van der Waals surface area contributed by atoms with Crippen LogP contribution in [0.4, 0.5) is 10.5 Å². The number of carbonyl (C=O) groups excluding carboxylic acids is 2. The molecule has 2 saturated heterocycles. The summed E-state index contributed by atoms with van der Waals surface area (Å²) < 4.78 is 5.32. The van der Waals surface area contributed by atoms with Crippen molar-refractivity contribution in [3.8, 4) is 0 Å². The number of nitrogens with zero attached hydrogens (tertiary/aromatic N) is 2. The summed E-state index contributed by atoms with van der Waals surface area (Å²) in [5.74, 6) is -0.480. The van der Waals surface area contributed by atoms with Crippen molar-refractivity contribution in [1.82, 2.24) is 4.90 Å². The third kappa shape index (κ3) is 1.89. The molecule has 2 unspecified atom stereocenters. The number of imide groups is 1. The van der Waals surface area contributed by atoms with Gasteiger partial charge in [-0.2, -0.15) is 0 Å². The van der Waals surface area contributed by atoms with E-state index in [1.54, 1.807) is 36.2 Å². The predicted molar refractivity (Wildman–Crippen MR) is 70.2 cm³/mol. The van der Waals surface area contributed by atoms with Gasteiger partial charge in [0.05, 0.1) is 30.9 Å². The lowest BCUT2D eigenvalue weighted by molar-refractivity contribution is -0.124. The summed E-state index contributed by atoms with van der Waals surface area (Å²) in [6, 6.07) is 6.19. The monoisotopic (exact) mass is 280 g/mol. The van der Waals surface area contributed by atoms with Crippen LogP contribution < -0.4 is 4.90 Å². The largest absolute Gasteiger partial charge is 0.378 e. The number of urea groups is 1.